The quantitative estimate of drug-likeness (QED) is 0.721. The molecule has 5 heteroatoms. The van der Waals surface area contributed by atoms with Crippen LogP contribution in [-0.4, -0.2) is 35.4 Å². The molecule has 1 heterocycles. The number of aliphatic hydroxyl groups is 1. The molecule has 5 nitrogen and oxygen atoms in total. The normalized spacial score (nSPS) is 18.3. The molecule has 2 rings (SSSR count). The maximum Gasteiger partial charge on any atom is 0.335 e. The third-order valence-electron chi connectivity index (χ3n) is 3.84. The van der Waals surface area contributed by atoms with E-state index in [2.05, 4.69) is 4.90 Å². The lowest BCUT2D eigenvalue weighted by molar-refractivity contribution is 0.0697. The number of aliphatic hydroxyl groups excluding tert-OH is 1. The molecule has 0 bridgehead atoms. The van der Waals surface area contributed by atoms with Crippen LogP contribution in [0.4, 0.5) is 11.4 Å². The number of benzene rings is 1. The van der Waals surface area contributed by atoms with Crippen molar-refractivity contribution in [3.8, 4) is 0 Å². The van der Waals surface area contributed by atoms with Crippen LogP contribution in [0.5, 0.6) is 0 Å². The molecule has 0 aliphatic carbocycles. The zero-order valence-electron chi connectivity index (χ0n) is 11.0. The fraction of sp³-hybridized carbons (Fsp3) is 0.500. The van der Waals surface area contributed by atoms with Gasteiger partial charge in [-0.3, -0.25) is 0 Å². The Morgan fingerprint density at radius 2 is 2.05 bits per heavy atom. The number of carboxylic acid groups (broad SMARTS) is 1. The van der Waals surface area contributed by atoms with Crippen molar-refractivity contribution in [1.29, 1.82) is 0 Å². The van der Waals surface area contributed by atoms with Gasteiger partial charge in [0.1, 0.15) is 0 Å². The number of nitrogen functional groups attached to an aromatic ring is 1. The largest absolute Gasteiger partial charge is 0.478 e. The molecule has 104 valence electrons. The standard InChI is InChI=1S/C14H20N2O3/c1-9(17)10-4-6-16(7-5-10)13-8-11(14(18)19)2-3-12(13)15/h2-3,8-10,17H,4-7,15H2,1H3,(H,18,19). The molecule has 19 heavy (non-hydrogen) atoms. The van der Waals surface area contributed by atoms with Crippen molar-refractivity contribution < 1.29 is 15.0 Å². The highest BCUT2D eigenvalue weighted by Crippen LogP contribution is 2.30. The van der Waals surface area contributed by atoms with Gasteiger partial charge in [0.25, 0.3) is 0 Å². The zero-order chi connectivity index (χ0) is 14.0. The first-order chi connectivity index (χ1) is 8.99. The summed E-state index contributed by atoms with van der Waals surface area (Å²) in [5, 5.41) is 18.6. The maximum atomic E-state index is 11.0. The Balaban J connectivity index is 2.15. The number of piperidine rings is 1. The highest BCUT2D eigenvalue weighted by atomic mass is 16.4. The minimum absolute atomic E-state index is 0.252. The summed E-state index contributed by atoms with van der Waals surface area (Å²) in [5.41, 5.74) is 7.56. The smallest absolute Gasteiger partial charge is 0.335 e. The van der Waals surface area contributed by atoms with E-state index < -0.39 is 5.97 Å². The van der Waals surface area contributed by atoms with E-state index in [1.54, 1.807) is 12.1 Å². The lowest BCUT2D eigenvalue weighted by Crippen LogP contribution is -2.37. The second-order valence-corrected chi connectivity index (χ2v) is 5.14. The minimum atomic E-state index is -0.944. The van der Waals surface area contributed by atoms with E-state index >= 15 is 0 Å². The third kappa shape index (κ3) is 2.98. The van der Waals surface area contributed by atoms with E-state index in [1.807, 2.05) is 6.92 Å². The van der Waals surface area contributed by atoms with Gasteiger partial charge in [-0.05, 0) is 43.9 Å². The molecule has 1 aromatic carbocycles. The van der Waals surface area contributed by atoms with Crippen molar-refractivity contribution >= 4 is 17.3 Å². The van der Waals surface area contributed by atoms with Crippen molar-refractivity contribution in [2.45, 2.75) is 25.9 Å². The van der Waals surface area contributed by atoms with Crippen molar-refractivity contribution in [2.24, 2.45) is 5.92 Å². The van der Waals surface area contributed by atoms with Crippen LogP contribution < -0.4 is 10.6 Å². The first kappa shape index (κ1) is 13.7. The van der Waals surface area contributed by atoms with Crippen LogP contribution >= 0.6 is 0 Å². The van der Waals surface area contributed by atoms with Crippen molar-refractivity contribution in [1.82, 2.24) is 0 Å². The number of nitrogens with two attached hydrogens (primary N) is 1. The number of anilines is 2. The van der Waals surface area contributed by atoms with Crippen molar-refractivity contribution in [3.63, 3.8) is 0 Å². The van der Waals surface area contributed by atoms with Gasteiger partial charge in [-0.15, -0.1) is 0 Å². The van der Waals surface area contributed by atoms with Gasteiger partial charge < -0.3 is 20.8 Å². The van der Waals surface area contributed by atoms with Crippen LogP contribution in [0, 0.1) is 5.92 Å². The van der Waals surface area contributed by atoms with Gasteiger partial charge in [-0.1, -0.05) is 0 Å². The third-order valence-corrected chi connectivity index (χ3v) is 3.84. The molecule has 1 unspecified atom stereocenters. The summed E-state index contributed by atoms with van der Waals surface area (Å²) in [7, 11) is 0. The monoisotopic (exact) mass is 264 g/mol. The van der Waals surface area contributed by atoms with Crippen molar-refractivity contribution in [3.05, 3.63) is 23.8 Å². The molecule has 1 fully saturated rings. The van der Waals surface area contributed by atoms with E-state index in [0.717, 1.165) is 31.6 Å². The van der Waals surface area contributed by atoms with Crippen LogP contribution in [0.3, 0.4) is 0 Å². The summed E-state index contributed by atoms with van der Waals surface area (Å²) in [6.45, 7) is 3.41. The first-order valence-corrected chi connectivity index (χ1v) is 6.55. The number of carboxylic acids is 1. The number of nitrogens with zero attached hydrogens (tertiary/aromatic N) is 1. The predicted octanol–water partition coefficient (Wildman–Crippen LogP) is 1.56. The highest BCUT2D eigenvalue weighted by Gasteiger charge is 2.24. The van der Waals surface area contributed by atoms with E-state index in [-0.39, 0.29) is 11.7 Å². The van der Waals surface area contributed by atoms with E-state index in [1.165, 1.54) is 6.07 Å². The van der Waals surface area contributed by atoms with Crippen molar-refractivity contribution in [2.75, 3.05) is 23.7 Å². The summed E-state index contributed by atoms with van der Waals surface area (Å²) < 4.78 is 0. The van der Waals surface area contributed by atoms with Crippen LogP contribution in [0.25, 0.3) is 0 Å². The Hall–Kier alpha value is -1.75. The Kier molecular flexibility index (Phi) is 3.95. The van der Waals surface area contributed by atoms with E-state index in [0.29, 0.717) is 11.6 Å². The fourth-order valence-corrected chi connectivity index (χ4v) is 2.57. The number of carbonyl (C=O) groups is 1. The zero-order valence-corrected chi connectivity index (χ0v) is 11.0. The molecular formula is C14H20N2O3. The summed E-state index contributed by atoms with van der Waals surface area (Å²) >= 11 is 0. The molecular weight excluding hydrogens is 244 g/mol. The lowest BCUT2D eigenvalue weighted by atomic mass is 9.92. The molecule has 1 atom stereocenters. The molecule has 1 aliphatic heterocycles. The highest BCUT2D eigenvalue weighted by molar-refractivity contribution is 5.90. The Morgan fingerprint density at radius 3 is 2.58 bits per heavy atom. The van der Waals surface area contributed by atoms with Gasteiger partial charge >= 0.3 is 5.97 Å². The number of hydrogen-bond donors (Lipinski definition) is 3. The molecule has 1 saturated heterocycles. The summed E-state index contributed by atoms with van der Waals surface area (Å²) in [5.74, 6) is -0.625. The first-order valence-electron chi connectivity index (χ1n) is 6.55. The fourth-order valence-electron chi connectivity index (χ4n) is 2.57. The Labute approximate surface area is 112 Å². The van der Waals surface area contributed by atoms with Gasteiger partial charge in [0.2, 0.25) is 0 Å². The second kappa shape index (κ2) is 5.48. The number of hydrogen-bond acceptors (Lipinski definition) is 4. The van der Waals surface area contributed by atoms with Gasteiger partial charge in [-0.2, -0.15) is 0 Å². The Bertz CT molecular complexity index is 466. The molecule has 0 amide bonds. The molecule has 1 aliphatic rings. The molecule has 0 saturated carbocycles. The topological polar surface area (TPSA) is 86.8 Å². The van der Waals surface area contributed by atoms with Gasteiger partial charge in [0.15, 0.2) is 0 Å². The molecule has 1 aromatic rings. The minimum Gasteiger partial charge on any atom is -0.478 e. The average Bonchev–Trinajstić information content (AvgIpc) is 2.39. The number of aromatic carboxylic acids is 1. The predicted molar refractivity (Wildman–Crippen MR) is 74.4 cm³/mol. The van der Waals surface area contributed by atoms with E-state index in [9.17, 15) is 9.90 Å². The van der Waals surface area contributed by atoms with Crippen LogP contribution in [0.15, 0.2) is 18.2 Å². The lowest BCUT2D eigenvalue weighted by Gasteiger charge is -2.35. The summed E-state index contributed by atoms with van der Waals surface area (Å²) in [4.78, 5) is 13.1. The van der Waals surface area contributed by atoms with E-state index in [4.69, 9.17) is 10.8 Å². The molecule has 0 spiro atoms. The molecule has 4 N–H and O–H groups in total. The van der Waals surface area contributed by atoms with Gasteiger partial charge in [0, 0.05) is 13.1 Å². The van der Waals surface area contributed by atoms with Gasteiger partial charge in [0.05, 0.1) is 23.0 Å². The molecule has 0 radical (unpaired) electrons. The van der Waals surface area contributed by atoms with Crippen LogP contribution in [0.2, 0.25) is 0 Å². The van der Waals surface area contributed by atoms with Crippen LogP contribution in [0.1, 0.15) is 30.1 Å². The second-order valence-electron chi connectivity index (χ2n) is 5.14. The van der Waals surface area contributed by atoms with Crippen LogP contribution in [-0.2, 0) is 0 Å². The summed E-state index contributed by atoms with van der Waals surface area (Å²) in [6, 6.07) is 4.78. The average molecular weight is 264 g/mol. The van der Waals surface area contributed by atoms with Gasteiger partial charge in [-0.25, -0.2) is 4.79 Å². The SMILES string of the molecule is CC(O)C1CCN(c2cc(C(=O)O)ccc2N)CC1. The summed E-state index contributed by atoms with van der Waals surface area (Å²) in [6.07, 6.45) is 1.51. The Morgan fingerprint density at radius 1 is 1.42 bits per heavy atom. The maximum absolute atomic E-state index is 11.0. The molecule has 0 aromatic heterocycles. The number of rotatable bonds is 3.